The Hall–Kier alpha value is -4.24. The van der Waals surface area contributed by atoms with Crippen LogP contribution in [0.15, 0.2) is 36.4 Å². The van der Waals surface area contributed by atoms with Crippen LogP contribution in [-0.2, 0) is 38.1 Å². The average Bonchev–Trinajstić information content (AvgIpc) is 3.33. The molecule has 0 saturated carbocycles. The predicted molar refractivity (Wildman–Crippen MR) is 196 cm³/mol. The summed E-state index contributed by atoms with van der Waals surface area (Å²) in [6.07, 6.45) is -2.29. The van der Waals surface area contributed by atoms with Crippen molar-refractivity contribution >= 4 is 47.0 Å². The monoisotopic (exact) mass is 776 g/mol. The number of fused-ring (bicyclic) bond motifs is 1. The van der Waals surface area contributed by atoms with E-state index in [4.69, 9.17) is 26.8 Å². The van der Waals surface area contributed by atoms with Crippen molar-refractivity contribution in [2.75, 3.05) is 63.5 Å². The van der Waals surface area contributed by atoms with Crippen LogP contribution >= 0.6 is 11.6 Å². The van der Waals surface area contributed by atoms with Gasteiger partial charge in [-0.05, 0) is 94.3 Å². The van der Waals surface area contributed by atoms with Crippen molar-refractivity contribution in [3.63, 3.8) is 0 Å². The van der Waals surface area contributed by atoms with Gasteiger partial charge in [0, 0.05) is 50.9 Å². The van der Waals surface area contributed by atoms with Gasteiger partial charge in [0.2, 0.25) is 0 Å². The number of halogens is 4. The molecule has 6 rings (SSSR count). The number of anilines is 2. The van der Waals surface area contributed by atoms with Crippen LogP contribution in [0.2, 0.25) is 5.02 Å². The smallest absolute Gasteiger partial charge is 0.418 e. The summed E-state index contributed by atoms with van der Waals surface area (Å²) in [6, 6.07) is 9.37. The number of nitrogens with zero attached hydrogens (tertiary/aromatic N) is 4. The Morgan fingerprint density at radius 1 is 0.981 bits per heavy atom. The largest absolute Gasteiger partial charge is 0.465 e. The van der Waals surface area contributed by atoms with Gasteiger partial charge in [0.1, 0.15) is 5.54 Å². The molecule has 16 heteroatoms. The summed E-state index contributed by atoms with van der Waals surface area (Å²) in [5.74, 6) is -0.916. The van der Waals surface area contributed by atoms with Crippen LogP contribution in [0.4, 0.5) is 34.1 Å². The maximum Gasteiger partial charge on any atom is 0.418 e. The number of carbonyl (C=O) groups is 4. The predicted octanol–water partition coefficient (Wildman–Crippen LogP) is 5.95. The normalized spacial score (nSPS) is 20.4. The molecule has 1 atom stereocenters. The average molecular weight is 777 g/mol. The van der Waals surface area contributed by atoms with Crippen molar-refractivity contribution in [2.45, 2.75) is 88.6 Å². The number of hydrogen-bond acceptors (Lipinski definition) is 8. The molecule has 3 N–H and O–H groups in total. The number of benzene rings is 2. The van der Waals surface area contributed by atoms with Gasteiger partial charge >= 0.3 is 24.3 Å². The Balaban J connectivity index is 1.17. The molecule has 0 aromatic heterocycles. The number of hydrogen-bond donors (Lipinski definition) is 2. The number of nitrogens with one attached hydrogen (secondary N) is 1. The molecule has 3 fully saturated rings. The molecular weight excluding hydrogens is 729 g/mol. The number of urea groups is 1. The summed E-state index contributed by atoms with van der Waals surface area (Å²) in [7, 11) is 0. The van der Waals surface area contributed by atoms with E-state index in [9.17, 15) is 32.3 Å². The number of esters is 1. The SMILES string of the molecule is CCOC(=O)C1(N2CCCCC2)CCN(C(=O)[C@@H](Cc2cc(Cl)c(N)c(C(F)(F)F)c2)OC(=O)N2CCC(N3CCc4ccccc4NC3=O)CC2)CC1. The number of rotatable bonds is 8. The van der Waals surface area contributed by atoms with Gasteiger partial charge in [0.05, 0.1) is 22.9 Å². The van der Waals surface area contributed by atoms with Gasteiger partial charge in [-0.2, -0.15) is 13.2 Å². The van der Waals surface area contributed by atoms with E-state index in [1.807, 2.05) is 24.3 Å². The molecule has 2 aromatic rings. The van der Waals surface area contributed by atoms with E-state index in [1.165, 1.54) is 15.9 Å². The van der Waals surface area contributed by atoms with Gasteiger partial charge in [-0.3, -0.25) is 14.5 Å². The lowest BCUT2D eigenvalue weighted by atomic mass is 9.83. The highest BCUT2D eigenvalue weighted by atomic mass is 35.5. The third kappa shape index (κ3) is 8.51. The summed E-state index contributed by atoms with van der Waals surface area (Å²) in [4.78, 5) is 61.3. The van der Waals surface area contributed by atoms with Crippen LogP contribution < -0.4 is 11.1 Å². The number of ether oxygens (including phenoxy) is 2. The van der Waals surface area contributed by atoms with Crippen LogP contribution in [0.5, 0.6) is 0 Å². The third-order valence-electron chi connectivity index (χ3n) is 11.3. The van der Waals surface area contributed by atoms with Crippen LogP contribution in [0.1, 0.15) is 68.6 Å². The van der Waals surface area contributed by atoms with Crippen LogP contribution in [0, 0.1) is 0 Å². The Morgan fingerprint density at radius 2 is 1.67 bits per heavy atom. The van der Waals surface area contributed by atoms with Gasteiger partial charge in [-0.25, -0.2) is 9.59 Å². The zero-order chi connectivity index (χ0) is 38.6. The number of nitrogen functional groups attached to an aromatic ring is 1. The summed E-state index contributed by atoms with van der Waals surface area (Å²) in [5, 5.41) is 2.64. The first-order chi connectivity index (χ1) is 25.8. The second kappa shape index (κ2) is 16.6. The number of para-hydroxylation sites is 1. The first-order valence-corrected chi connectivity index (χ1v) is 19.2. The third-order valence-corrected chi connectivity index (χ3v) is 11.6. The van der Waals surface area contributed by atoms with Gasteiger partial charge < -0.3 is 35.2 Å². The standard InChI is InChI=1S/C38H48ClF3N6O6/c1-2-53-34(50)37(47-15-6-3-7-16-47)13-20-45(21-14-37)33(49)31(24-25-22-28(38(40,41)42)32(43)29(39)23-25)54-36(52)46-17-11-27(12-18-46)48-19-10-26-8-4-5-9-30(26)44-35(48)51/h4-5,8-9,22-23,27,31H,2-3,6-7,10-21,24,43H2,1H3,(H,44,51)/t31-/m1/s1. The number of amides is 4. The molecule has 54 heavy (non-hydrogen) atoms. The van der Waals surface area contributed by atoms with Gasteiger partial charge in [-0.1, -0.05) is 36.2 Å². The molecule has 294 valence electrons. The number of nitrogens with two attached hydrogens (primary N) is 1. The maximum absolute atomic E-state index is 14.2. The minimum absolute atomic E-state index is 0.0192. The number of likely N-dealkylation sites (tertiary alicyclic amines) is 3. The van der Waals surface area contributed by atoms with Crippen molar-refractivity contribution in [3.8, 4) is 0 Å². The van der Waals surface area contributed by atoms with E-state index in [0.717, 1.165) is 49.7 Å². The Kier molecular flexibility index (Phi) is 12.2. The van der Waals surface area contributed by atoms with Crippen molar-refractivity contribution in [2.24, 2.45) is 0 Å². The van der Waals surface area contributed by atoms with Crippen LogP contribution in [-0.4, -0.2) is 114 Å². The summed E-state index contributed by atoms with van der Waals surface area (Å²) in [5.41, 5.74) is 4.82. The number of carbonyl (C=O) groups excluding carboxylic acids is 4. The molecule has 4 amide bonds. The van der Waals surface area contributed by atoms with Gasteiger partial charge in [0.15, 0.2) is 6.10 Å². The molecule has 2 aromatic carbocycles. The lowest BCUT2D eigenvalue weighted by Gasteiger charge is -2.48. The van der Waals surface area contributed by atoms with Crippen molar-refractivity contribution < 1.29 is 41.8 Å². The van der Waals surface area contributed by atoms with Gasteiger partial charge in [-0.15, -0.1) is 0 Å². The van der Waals surface area contributed by atoms with Crippen molar-refractivity contribution in [3.05, 3.63) is 58.1 Å². The van der Waals surface area contributed by atoms with E-state index < -0.39 is 41.1 Å². The molecule has 0 spiro atoms. The second-order valence-corrected chi connectivity index (χ2v) is 14.9. The Morgan fingerprint density at radius 3 is 2.33 bits per heavy atom. The number of alkyl halides is 3. The lowest BCUT2D eigenvalue weighted by molar-refractivity contribution is -0.165. The first-order valence-electron chi connectivity index (χ1n) is 18.8. The molecule has 4 aliphatic heterocycles. The lowest BCUT2D eigenvalue weighted by Crippen LogP contribution is -2.63. The van der Waals surface area contributed by atoms with E-state index in [2.05, 4.69) is 10.2 Å². The Bertz CT molecular complexity index is 1710. The minimum atomic E-state index is -4.81. The minimum Gasteiger partial charge on any atom is -0.465 e. The molecule has 4 heterocycles. The molecular formula is C38H48ClF3N6O6. The highest BCUT2D eigenvalue weighted by molar-refractivity contribution is 6.33. The highest BCUT2D eigenvalue weighted by Gasteiger charge is 2.49. The second-order valence-electron chi connectivity index (χ2n) is 14.5. The van der Waals surface area contributed by atoms with E-state index in [0.29, 0.717) is 38.6 Å². The molecule has 0 bridgehead atoms. The quantitative estimate of drug-likeness (QED) is 0.248. The fourth-order valence-corrected chi connectivity index (χ4v) is 8.49. The first kappa shape index (κ1) is 39.5. The molecule has 12 nitrogen and oxygen atoms in total. The summed E-state index contributed by atoms with van der Waals surface area (Å²) in [6.45, 7) is 4.76. The van der Waals surface area contributed by atoms with Gasteiger partial charge in [0.25, 0.3) is 5.91 Å². The highest BCUT2D eigenvalue weighted by Crippen LogP contribution is 2.39. The molecule has 3 saturated heterocycles. The zero-order valence-corrected chi connectivity index (χ0v) is 31.2. The molecule has 0 unspecified atom stereocenters. The van der Waals surface area contributed by atoms with Crippen LogP contribution in [0.3, 0.4) is 0 Å². The molecule has 0 radical (unpaired) electrons. The Labute approximate surface area is 318 Å². The van der Waals surface area contributed by atoms with E-state index >= 15 is 0 Å². The molecule has 4 aliphatic rings. The van der Waals surface area contributed by atoms with E-state index in [1.54, 1.807) is 11.8 Å². The fraction of sp³-hybridized carbons (Fsp3) is 0.579. The fourth-order valence-electron chi connectivity index (χ4n) is 8.25. The van der Waals surface area contributed by atoms with Crippen molar-refractivity contribution in [1.29, 1.82) is 0 Å². The van der Waals surface area contributed by atoms with E-state index in [-0.39, 0.29) is 67.8 Å². The van der Waals surface area contributed by atoms with Crippen molar-refractivity contribution in [1.82, 2.24) is 19.6 Å². The summed E-state index contributed by atoms with van der Waals surface area (Å²) < 4.78 is 53.1. The maximum atomic E-state index is 14.2. The topological polar surface area (TPSA) is 138 Å². The van der Waals surface area contributed by atoms with Crippen LogP contribution in [0.25, 0.3) is 0 Å². The molecule has 0 aliphatic carbocycles. The summed E-state index contributed by atoms with van der Waals surface area (Å²) >= 11 is 6.13. The number of piperidine rings is 3. The zero-order valence-electron chi connectivity index (χ0n) is 30.5.